The lowest BCUT2D eigenvalue weighted by Gasteiger charge is -2.34. The molecule has 0 aromatic heterocycles. The third-order valence-electron chi connectivity index (χ3n) is 6.51. The lowest BCUT2D eigenvalue weighted by molar-refractivity contribution is -0.137. The highest BCUT2D eigenvalue weighted by Gasteiger charge is 2.30. The minimum atomic E-state index is -4.37. The first-order chi connectivity index (χ1) is 17.8. The largest absolute Gasteiger partial charge is 0.486 e. The molecule has 1 aliphatic heterocycles. The third kappa shape index (κ3) is 10.3. The summed E-state index contributed by atoms with van der Waals surface area (Å²) in [5, 5.41) is 12.0. The van der Waals surface area contributed by atoms with Crippen LogP contribution in [0.3, 0.4) is 0 Å². The number of hydrogen-bond acceptors (Lipinski definition) is 6. The number of nitrogens with zero attached hydrogens (tertiary/aromatic N) is 2. The second-order valence-corrected chi connectivity index (χ2v) is 9.25. The number of hydroxylamine groups is 1. The van der Waals surface area contributed by atoms with Gasteiger partial charge in [-0.2, -0.15) is 13.2 Å². The maximum Gasteiger partial charge on any atom is 0.416 e. The summed E-state index contributed by atoms with van der Waals surface area (Å²) in [6, 6.07) is 14.6. The quantitative estimate of drug-likeness (QED) is 0.197. The highest BCUT2D eigenvalue weighted by atomic mass is 19.4. The number of carbonyl (C=O) groups is 1. The minimum Gasteiger partial charge on any atom is -0.486 e. The number of carbonyl (C=O) groups excluding carboxylic acids is 1. The molecule has 1 atom stereocenters. The number of rotatable bonds is 14. The molecule has 3 N–H and O–H groups in total. The predicted molar refractivity (Wildman–Crippen MR) is 135 cm³/mol. The normalized spacial score (nSPS) is 15.9. The van der Waals surface area contributed by atoms with Gasteiger partial charge in [-0.1, -0.05) is 30.3 Å². The van der Waals surface area contributed by atoms with Crippen molar-refractivity contribution in [3.63, 3.8) is 0 Å². The van der Waals surface area contributed by atoms with Crippen LogP contribution in [0, 0.1) is 0 Å². The second kappa shape index (κ2) is 14.9. The van der Waals surface area contributed by atoms with Crippen LogP contribution in [0.15, 0.2) is 54.6 Å². The lowest BCUT2D eigenvalue weighted by atomic mass is 10.1. The molecule has 0 radical (unpaired) electrons. The summed E-state index contributed by atoms with van der Waals surface area (Å²) in [7, 11) is 0. The first kappa shape index (κ1) is 28.9. The smallest absolute Gasteiger partial charge is 0.416 e. The maximum absolute atomic E-state index is 12.9. The molecule has 204 valence electrons. The van der Waals surface area contributed by atoms with E-state index in [4.69, 9.17) is 9.94 Å². The van der Waals surface area contributed by atoms with Gasteiger partial charge in [0.05, 0.1) is 5.56 Å². The monoisotopic (exact) mass is 522 g/mol. The summed E-state index contributed by atoms with van der Waals surface area (Å²) in [4.78, 5) is 15.9. The summed E-state index contributed by atoms with van der Waals surface area (Å²) >= 11 is 0. The number of nitrogens with one attached hydrogen (secondary N) is 2. The Labute approximate surface area is 216 Å². The molecule has 1 amide bonds. The molecule has 0 spiro atoms. The van der Waals surface area contributed by atoms with Crippen LogP contribution >= 0.6 is 0 Å². The van der Waals surface area contributed by atoms with E-state index >= 15 is 0 Å². The van der Waals surface area contributed by atoms with Gasteiger partial charge in [0.2, 0.25) is 5.91 Å². The minimum absolute atomic E-state index is 0.262. The van der Waals surface area contributed by atoms with Crippen LogP contribution < -0.4 is 15.5 Å². The fourth-order valence-electron chi connectivity index (χ4n) is 4.39. The maximum atomic E-state index is 12.9. The molecule has 10 heteroatoms. The number of hydrogen-bond donors (Lipinski definition) is 3. The van der Waals surface area contributed by atoms with E-state index < -0.39 is 11.7 Å². The third-order valence-corrected chi connectivity index (χ3v) is 6.51. The molecule has 0 unspecified atom stereocenters. The molecule has 2 aromatic carbocycles. The zero-order valence-electron chi connectivity index (χ0n) is 21.1. The van der Waals surface area contributed by atoms with Crippen LogP contribution in [0.5, 0.6) is 5.75 Å². The fraction of sp³-hybridized carbons (Fsp3) is 0.519. The van der Waals surface area contributed by atoms with Gasteiger partial charge in [-0.3, -0.25) is 10.0 Å². The first-order valence-electron chi connectivity index (χ1n) is 12.8. The molecule has 1 fully saturated rings. The van der Waals surface area contributed by atoms with Crippen molar-refractivity contribution in [3.05, 3.63) is 65.7 Å². The van der Waals surface area contributed by atoms with E-state index in [1.54, 1.807) is 5.48 Å². The van der Waals surface area contributed by atoms with Crippen molar-refractivity contribution in [2.24, 2.45) is 0 Å². The molecule has 1 heterocycles. The molecule has 37 heavy (non-hydrogen) atoms. The molecule has 0 saturated carbocycles. The van der Waals surface area contributed by atoms with E-state index in [0.29, 0.717) is 18.6 Å². The van der Waals surface area contributed by atoms with Gasteiger partial charge in [0.1, 0.15) is 11.9 Å². The molecule has 2 aromatic rings. The zero-order chi connectivity index (χ0) is 26.5. The van der Waals surface area contributed by atoms with Crippen molar-refractivity contribution < 1.29 is 27.9 Å². The molecule has 1 aliphatic rings. The Morgan fingerprint density at radius 1 is 0.919 bits per heavy atom. The summed E-state index contributed by atoms with van der Waals surface area (Å²) in [6.07, 6.45) is -1.84. The van der Waals surface area contributed by atoms with Crippen molar-refractivity contribution >= 4 is 5.91 Å². The summed E-state index contributed by atoms with van der Waals surface area (Å²) in [5.41, 5.74) is 1.96. The highest BCUT2D eigenvalue weighted by molar-refractivity contribution is 5.74. The summed E-state index contributed by atoms with van der Waals surface area (Å²) in [5.74, 6) is 0.0741. The number of piperazine rings is 1. The highest BCUT2D eigenvalue weighted by Crippen LogP contribution is 2.31. The zero-order valence-corrected chi connectivity index (χ0v) is 21.1. The Bertz CT molecular complexity index is 921. The number of benzene rings is 2. The van der Waals surface area contributed by atoms with Crippen molar-refractivity contribution in [1.29, 1.82) is 0 Å². The van der Waals surface area contributed by atoms with E-state index in [-0.39, 0.29) is 12.0 Å². The average molecular weight is 523 g/mol. The van der Waals surface area contributed by atoms with Gasteiger partial charge < -0.3 is 19.9 Å². The number of amides is 1. The van der Waals surface area contributed by atoms with Crippen LogP contribution in [0.25, 0.3) is 0 Å². The SMILES string of the molecule is O=C(CCCN1CCN(CCCNCC[C@@H](Oc2ccc(C(F)(F)F)cc2)c2ccccc2)CC1)NO. The molecular weight excluding hydrogens is 485 g/mol. The van der Waals surface area contributed by atoms with Gasteiger partial charge in [0, 0.05) is 39.0 Å². The fourth-order valence-corrected chi connectivity index (χ4v) is 4.39. The van der Waals surface area contributed by atoms with Gasteiger partial charge in [-0.25, -0.2) is 5.48 Å². The number of halogens is 3. The first-order valence-corrected chi connectivity index (χ1v) is 12.8. The second-order valence-electron chi connectivity index (χ2n) is 9.25. The molecular formula is C27H37F3N4O3. The number of alkyl halides is 3. The molecule has 0 bridgehead atoms. The van der Waals surface area contributed by atoms with Crippen molar-refractivity contribution in [2.75, 3.05) is 52.4 Å². The van der Waals surface area contributed by atoms with Crippen molar-refractivity contribution in [1.82, 2.24) is 20.6 Å². The summed E-state index contributed by atoms with van der Waals surface area (Å²) < 4.78 is 44.6. The standard InChI is InChI=1S/C27H37F3N4O3/c28-27(29,30)23-9-11-24(12-10-23)37-25(22-6-2-1-3-7-22)13-15-31-14-5-17-34-20-18-33(19-21-34)16-4-8-26(35)32-36/h1-3,6-7,9-12,25,31,36H,4-5,8,13-21H2,(H,32,35)/t25-/m1/s1. The topological polar surface area (TPSA) is 77.1 Å². The van der Waals surface area contributed by atoms with Crippen LogP contribution in [0.1, 0.15) is 42.9 Å². The van der Waals surface area contributed by atoms with Crippen LogP contribution in [-0.4, -0.2) is 73.3 Å². The molecule has 0 aliphatic carbocycles. The van der Waals surface area contributed by atoms with Gasteiger partial charge in [-0.05, 0) is 68.8 Å². The van der Waals surface area contributed by atoms with Crippen LogP contribution in [-0.2, 0) is 11.0 Å². The van der Waals surface area contributed by atoms with E-state index in [9.17, 15) is 18.0 Å². The van der Waals surface area contributed by atoms with E-state index in [0.717, 1.165) is 82.9 Å². The Morgan fingerprint density at radius 3 is 2.14 bits per heavy atom. The Kier molecular flexibility index (Phi) is 11.7. The summed E-state index contributed by atoms with van der Waals surface area (Å²) in [6.45, 7) is 7.44. The van der Waals surface area contributed by atoms with E-state index in [1.165, 1.54) is 12.1 Å². The Balaban J connectivity index is 1.35. The van der Waals surface area contributed by atoms with Gasteiger partial charge >= 0.3 is 6.18 Å². The average Bonchev–Trinajstić information content (AvgIpc) is 2.91. The van der Waals surface area contributed by atoms with Crippen molar-refractivity contribution in [3.8, 4) is 5.75 Å². The Hall–Kier alpha value is -2.66. The number of ether oxygens (including phenoxy) is 1. The van der Waals surface area contributed by atoms with Crippen molar-refractivity contribution in [2.45, 2.75) is 38.0 Å². The van der Waals surface area contributed by atoms with Gasteiger partial charge in [0.25, 0.3) is 0 Å². The molecule has 7 nitrogen and oxygen atoms in total. The lowest BCUT2D eigenvalue weighted by Crippen LogP contribution is -2.47. The van der Waals surface area contributed by atoms with Gasteiger partial charge in [0.15, 0.2) is 0 Å². The Morgan fingerprint density at radius 2 is 1.54 bits per heavy atom. The van der Waals surface area contributed by atoms with Crippen LogP contribution in [0.2, 0.25) is 0 Å². The predicted octanol–water partition coefficient (Wildman–Crippen LogP) is 4.10. The van der Waals surface area contributed by atoms with E-state index in [2.05, 4.69) is 15.1 Å². The molecule has 3 rings (SSSR count). The van der Waals surface area contributed by atoms with Gasteiger partial charge in [-0.15, -0.1) is 0 Å². The van der Waals surface area contributed by atoms with E-state index in [1.807, 2.05) is 30.3 Å². The molecule has 1 saturated heterocycles. The van der Waals surface area contributed by atoms with Crippen LogP contribution in [0.4, 0.5) is 13.2 Å².